The molecule has 1 rings (SSSR count). The molecule has 1 amide bonds. The molecule has 0 aromatic carbocycles. The van der Waals surface area contributed by atoms with Crippen LogP contribution in [0.4, 0.5) is 0 Å². The Labute approximate surface area is 109 Å². The van der Waals surface area contributed by atoms with Crippen molar-refractivity contribution in [2.75, 3.05) is 12.3 Å². The summed E-state index contributed by atoms with van der Waals surface area (Å²) in [6, 6.07) is -1.97. The van der Waals surface area contributed by atoms with Crippen LogP contribution in [0.25, 0.3) is 0 Å². The van der Waals surface area contributed by atoms with Crippen molar-refractivity contribution < 1.29 is 27.7 Å². The maximum Gasteiger partial charge on any atom is 0.327 e. The maximum absolute atomic E-state index is 11.6. The molecule has 0 unspecified atom stereocenters. The highest BCUT2D eigenvalue weighted by molar-refractivity contribution is 7.86. The fourth-order valence-corrected chi connectivity index (χ4v) is 2.58. The zero-order valence-corrected chi connectivity index (χ0v) is 10.9. The van der Waals surface area contributed by atoms with E-state index >= 15 is 0 Å². The Kier molecular flexibility index (Phi) is 4.96. The summed E-state index contributed by atoms with van der Waals surface area (Å²) in [4.78, 5) is 22.3. The molecule has 1 heterocycles. The third kappa shape index (κ3) is 3.83. The van der Waals surface area contributed by atoms with Crippen molar-refractivity contribution in [3.05, 3.63) is 0 Å². The number of amides is 1. The fraction of sp³-hybridized carbons (Fsp3) is 0.750. The van der Waals surface area contributed by atoms with Gasteiger partial charge in [0.05, 0.1) is 6.04 Å². The summed E-state index contributed by atoms with van der Waals surface area (Å²) < 4.78 is 30.6. The van der Waals surface area contributed by atoms with E-state index in [1.807, 2.05) is 0 Å². The van der Waals surface area contributed by atoms with E-state index in [0.717, 1.165) is 0 Å². The summed E-state index contributed by atoms with van der Waals surface area (Å²) in [5, 5.41) is 12.5. The summed E-state index contributed by atoms with van der Waals surface area (Å²) in [7, 11) is -4.19. The van der Waals surface area contributed by atoms with Gasteiger partial charge in [0.25, 0.3) is 10.1 Å². The van der Waals surface area contributed by atoms with Crippen LogP contribution in [0.2, 0.25) is 0 Å². The lowest BCUT2D eigenvalue weighted by atomic mass is 10.2. The van der Waals surface area contributed by atoms with Crippen LogP contribution in [0, 0.1) is 0 Å². The second kappa shape index (κ2) is 5.87. The van der Waals surface area contributed by atoms with Crippen molar-refractivity contribution in [3.63, 3.8) is 0 Å². The average molecular weight is 298 g/mol. The Balaban J connectivity index is 2.58. The molecule has 10 heteroatoms. The van der Waals surface area contributed by atoms with Gasteiger partial charge < -0.3 is 15.7 Å². The average Bonchev–Trinajstić information content (AvgIpc) is 2.73. The largest absolute Gasteiger partial charge is 0.480 e. The minimum atomic E-state index is -4.19. The lowest BCUT2D eigenvalue weighted by molar-refractivity contribution is -0.141. The molecule has 1 aliphatic heterocycles. The van der Waals surface area contributed by atoms with E-state index < -0.39 is 39.3 Å². The van der Waals surface area contributed by atoms with Crippen LogP contribution in [0.3, 0.4) is 0 Å². The molecule has 0 bridgehead atoms. The topological polar surface area (TPSA) is 133 Å². The van der Waals surface area contributed by atoms with Crippen LogP contribution in [0.5, 0.6) is 0 Å². The van der Waals surface area contributed by atoms with E-state index in [1.54, 1.807) is 0 Å². The van der Waals surface area contributed by atoms with Crippen molar-refractivity contribution in [1.29, 1.82) is 0 Å². The lowest BCUT2D eigenvalue weighted by Gasteiger charge is -2.15. The van der Waals surface area contributed by atoms with Crippen molar-refractivity contribution >= 4 is 34.6 Å². The first kappa shape index (κ1) is 15.2. The van der Waals surface area contributed by atoms with Crippen molar-refractivity contribution in [2.45, 2.75) is 23.8 Å². The summed E-state index contributed by atoms with van der Waals surface area (Å²) in [6.45, 7) is -0.0461. The number of rotatable bonds is 5. The number of hydrogen-bond acceptors (Lipinski definition) is 6. The van der Waals surface area contributed by atoms with Crippen LogP contribution < -0.4 is 10.6 Å². The molecule has 1 saturated heterocycles. The number of aliphatic carboxylic acids is 1. The zero-order chi connectivity index (χ0) is 13.9. The smallest absolute Gasteiger partial charge is 0.327 e. The summed E-state index contributed by atoms with van der Waals surface area (Å²) in [6.07, 6.45) is -0.0937. The predicted molar refractivity (Wildman–Crippen MR) is 65.2 cm³/mol. The molecule has 0 aliphatic carbocycles. The van der Waals surface area contributed by atoms with Gasteiger partial charge in [0.15, 0.2) is 0 Å². The van der Waals surface area contributed by atoms with E-state index in [4.69, 9.17) is 9.66 Å². The van der Waals surface area contributed by atoms with Gasteiger partial charge in [-0.25, -0.2) is 4.79 Å². The molecule has 0 radical (unpaired) electrons. The number of carbonyl (C=O) groups is 2. The summed E-state index contributed by atoms with van der Waals surface area (Å²) in [5.41, 5.74) is 0. The first-order chi connectivity index (χ1) is 8.25. The van der Waals surface area contributed by atoms with Gasteiger partial charge in [-0.3, -0.25) is 9.35 Å². The lowest BCUT2D eigenvalue weighted by Crippen LogP contribution is -2.49. The Morgan fingerprint density at radius 3 is 2.50 bits per heavy atom. The summed E-state index contributed by atoms with van der Waals surface area (Å²) >= 11 is 3.78. The quantitative estimate of drug-likeness (QED) is 0.296. The summed E-state index contributed by atoms with van der Waals surface area (Å²) in [5.74, 6) is -1.92. The molecule has 104 valence electrons. The van der Waals surface area contributed by atoms with E-state index in [0.29, 0.717) is 0 Å². The van der Waals surface area contributed by atoms with Crippen LogP contribution in [0.15, 0.2) is 0 Å². The van der Waals surface area contributed by atoms with E-state index in [1.165, 1.54) is 0 Å². The Hall–Kier alpha value is -0.840. The third-order valence-corrected chi connectivity index (χ3v) is 4.19. The molecular weight excluding hydrogens is 284 g/mol. The molecule has 1 fully saturated rings. The number of hydrogen-bond donors (Lipinski definition) is 5. The van der Waals surface area contributed by atoms with Gasteiger partial charge >= 0.3 is 5.97 Å². The van der Waals surface area contributed by atoms with Crippen molar-refractivity contribution in [1.82, 2.24) is 10.6 Å². The monoisotopic (exact) mass is 298 g/mol. The molecule has 3 atom stereocenters. The second-order valence-corrected chi connectivity index (χ2v) is 5.98. The predicted octanol–water partition coefficient (Wildman–Crippen LogP) is -1.90. The third-order valence-electron chi connectivity index (χ3n) is 2.63. The molecule has 1 aliphatic rings. The number of carboxylic acids is 1. The van der Waals surface area contributed by atoms with E-state index in [9.17, 15) is 18.0 Å². The van der Waals surface area contributed by atoms with Crippen LogP contribution in [0.1, 0.15) is 6.42 Å². The minimum absolute atomic E-state index is 0.0461. The van der Waals surface area contributed by atoms with E-state index in [2.05, 4.69) is 23.3 Å². The fourth-order valence-electron chi connectivity index (χ4n) is 1.59. The molecular formula is C8H14N2O6S2. The Bertz CT molecular complexity index is 437. The second-order valence-electron chi connectivity index (χ2n) is 3.92. The normalized spacial score (nSPS) is 25.7. The minimum Gasteiger partial charge on any atom is -0.480 e. The van der Waals surface area contributed by atoms with Gasteiger partial charge in [-0.1, -0.05) is 0 Å². The van der Waals surface area contributed by atoms with Gasteiger partial charge in [0.1, 0.15) is 11.3 Å². The Morgan fingerprint density at radius 1 is 1.50 bits per heavy atom. The highest BCUT2D eigenvalue weighted by Crippen LogP contribution is 2.14. The van der Waals surface area contributed by atoms with E-state index in [-0.39, 0.29) is 18.7 Å². The first-order valence-corrected chi connectivity index (χ1v) is 7.23. The number of nitrogens with one attached hydrogen (secondary N) is 2. The standard InChI is InChI=1S/C8H14N2O6S2/c11-7(10-6(3-17)8(12)13)5-1-4(2-9-5)18(14,15)16/h4-6,9,17H,1-3H2,(H,10,11)(H,12,13)(H,14,15,16)/t4-,5-,6-/m0/s1. The van der Waals surface area contributed by atoms with Gasteiger partial charge in [0.2, 0.25) is 5.91 Å². The molecule has 0 aromatic heterocycles. The highest BCUT2D eigenvalue weighted by atomic mass is 32.2. The van der Waals surface area contributed by atoms with Crippen molar-refractivity contribution in [3.8, 4) is 0 Å². The molecule has 0 spiro atoms. The van der Waals surface area contributed by atoms with Crippen molar-refractivity contribution in [2.24, 2.45) is 0 Å². The number of carbonyl (C=O) groups excluding carboxylic acids is 1. The van der Waals surface area contributed by atoms with Crippen LogP contribution in [-0.4, -0.2) is 59.6 Å². The van der Waals surface area contributed by atoms with Gasteiger partial charge in [-0.2, -0.15) is 21.0 Å². The maximum atomic E-state index is 11.6. The molecule has 8 nitrogen and oxygen atoms in total. The highest BCUT2D eigenvalue weighted by Gasteiger charge is 2.37. The van der Waals surface area contributed by atoms with Gasteiger partial charge in [0, 0.05) is 12.3 Å². The molecule has 0 saturated carbocycles. The van der Waals surface area contributed by atoms with Crippen LogP contribution >= 0.6 is 12.6 Å². The molecule has 4 N–H and O–H groups in total. The van der Waals surface area contributed by atoms with Crippen LogP contribution in [-0.2, 0) is 19.7 Å². The zero-order valence-electron chi connectivity index (χ0n) is 9.24. The SMILES string of the molecule is O=C(O)[C@H](CS)NC(=O)[C@@H]1C[C@H](S(=O)(=O)O)CN1. The first-order valence-electron chi connectivity index (χ1n) is 5.09. The number of carboxylic acid groups (broad SMARTS) is 1. The van der Waals surface area contributed by atoms with Gasteiger partial charge in [-0.15, -0.1) is 0 Å². The molecule has 0 aromatic rings. The number of thiol groups is 1. The van der Waals surface area contributed by atoms with Gasteiger partial charge in [-0.05, 0) is 6.42 Å². The Morgan fingerprint density at radius 2 is 2.11 bits per heavy atom. The molecule has 18 heavy (non-hydrogen) atoms.